The predicted octanol–water partition coefficient (Wildman–Crippen LogP) is -1.74. The highest BCUT2D eigenvalue weighted by atomic mass is 32.3. The lowest BCUT2D eigenvalue weighted by Crippen LogP contribution is -2.34. The Hall–Kier alpha value is -0.380. The molecule has 116 valence electrons. The molecule has 0 spiro atoms. The van der Waals surface area contributed by atoms with Gasteiger partial charge in [-0.25, -0.2) is 25.6 Å². The fourth-order valence-electron chi connectivity index (χ4n) is 0.622. The molecule has 0 aliphatic rings. The van der Waals surface area contributed by atoms with Crippen LogP contribution in [-0.4, -0.2) is 55.9 Å². The van der Waals surface area contributed by atoms with Gasteiger partial charge < -0.3 is 0 Å². The van der Waals surface area contributed by atoms with Crippen molar-refractivity contribution in [2.45, 2.75) is 9.67 Å². The predicted molar refractivity (Wildman–Crippen MR) is 58.4 cm³/mol. The summed E-state index contributed by atoms with van der Waals surface area (Å²) in [5.74, 6) is 0. The second-order valence-corrected chi connectivity index (χ2v) is 11.3. The van der Waals surface area contributed by atoms with Gasteiger partial charge in [-0.1, -0.05) is 0 Å². The van der Waals surface area contributed by atoms with Crippen molar-refractivity contribution in [1.82, 2.24) is 0 Å². The molecule has 0 aromatic rings. The van der Waals surface area contributed by atoms with Crippen LogP contribution >= 0.6 is 0 Å². The van der Waals surface area contributed by atoms with Gasteiger partial charge in [0.1, 0.15) is 0 Å². The van der Waals surface area contributed by atoms with Crippen molar-refractivity contribution >= 4 is 39.9 Å². The average Bonchev–Trinajstić information content (AvgIpc) is 2.10. The molecule has 9 nitrogen and oxygen atoms in total. The molecule has 2 atom stereocenters. The summed E-state index contributed by atoms with van der Waals surface area (Å²) >= 11 is 0. The van der Waals surface area contributed by atoms with E-state index >= 15 is 0 Å². The van der Waals surface area contributed by atoms with E-state index in [4.69, 9.17) is 0 Å². The van der Waals surface area contributed by atoms with Gasteiger partial charge >= 0.3 is 29.9 Å². The third kappa shape index (κ3) is 4.90. The molecule has 0 N–H and O–H groups in total. The Morgan fingerprint density at radius 3 is 1.05 bits per heavy atom. The number of hydrogen-bond acceptors (Lipinski definition) is 9. The minimum atomic E-state index is -5.93. The average molecular weight is 366 g/mol. The van der Waals surface area contributed by atoms with Gasteiger partial charge in [-0.05, 0) is 0 Å². The Balaban J connectivity index is 5.62. The fourth-order valence-corrected chi connectivity index (χ4v) is 6.18. The van der Waals surface area contributed by atoms with Crippen LogP contribution in [-0.2, 0) is 43.5 Å². The van der Waals surface area contributed by atoms with Crippen LogP contribution < -0.4 is 0 Å². The van der Waals surface area contributed by atoms with Crippen LogP contribution in [0.4, 0.5) is 8.78 Å². The van der Waals surface area contributed by atoms with Gasteiger partial charge in [0, 0.05) is 12.5 Å². The maximum Gasteiger partial charge on any atom is 0.329 e. The van der Waals surface area contributed by atoms with Crippen molar-refractivity contribution in [1.29, 1.82) is 0 Å². The quantitative estimate of drug-likeness (QED) is 0.534. The third-order valence-electron chi connectivity index (χ3n) is 1.32. The van der Waals surface area contributed by atoms with Gasteiger partial charge in [-0.3, -0.25) is 0 Å². The molecule has 0 rings (SSSR count). The van der Waals surface area contributed by atoms with Gasteiger partial charge in [-0.15, -0.1) is 3.63 Å². The minimum Gasteiger partial charge on any atom is -0.225 e. The molecule has 19 heavy (non-hydrogen) atoms. The highest BCUT2D eigenvalue weighted by Crippen LogP contribution is 2.20. The lowest BCUT2D eigenvalue weighted by atomic mass is 11.8. The zero-order chi connectivity index (χ0) is 15.9. The van der Waals surface area contributed by atoms with Crippen molar-refractivity contribution in [3.8, 4) is 0 Å². The van der Waals surface area contributed by atoms with E-state index in [1.165, 1.54) is 0 Å². The van der Waals surface area contributed by atoms with E-state index in [9.17, 15) is 42.5 Å². The summed E-state index contributed by atoms with van der Waals surface area (Å²) in [4.78, 5) is -7.61. The molecule has 0 bridgehead atoms. The molecule has 15 heteroatoms. The fraction of sp³-hybridized carbons (Fsp3) is 1.00. The normalized spacial score (nSPS) is 17.9. The Kier molecular flexibility index (Phi) is 5.09. The first-order valence-electron chi connectivity index (χ1n) is 3.86. The van der Waals surface area contributed by atoms with Gasteiger partial charge in [-0.2, -0.15) is 16.8 Å². The van der Waals surface area contributed by atoms with E-state index < -0.39 is 49.6 Å². The molecular formula is C4H8F2O9S4. The summed E-state index contributed by atoms with van der Waals surface area (Å²) in [6, 6.07) is 0. The first-order valence-corrected chi connectivity index (χ1v) is 10.7. The number of hydrogen-bond donors (Lipinski definition) is 0. The summed E-state index contributed by atoms with van der Waals surface area (Å²) in [5.41, 5.74) is 0. The molecule has 0 fully saturated rings. The first-order chi connectivity index (χ1) is 8.02. The van der Waals surface area contributed by atoms with Crippen LogP contribution in [0.3, 0.4) is 0 Å². The van der Waals surface area contributed by atoms with Crippen molar-refractivity contribution in [3.63, 3.8) is 0 Å². The second-order valence-electron chi connectivity index (χ2n) is 3.26. The van der Waals surface area contributed by atoms with Crippen molar-refractivity contribution in [2.75, 3.05) is 12.5 Å². The molecule has 0 aromatic carbocycles. The SMILES string of the molecule is CS(=O)(=O)C(F)S(=O)(=O)OS(=O)(=O)C(F)S(C)(=O)=O. The molecule has 0 amide bonds. The van der Waals surface area contributed by atoms with E-state index in [0.717, 1.165) is 0 Å². The Morgan fingerprint density at radius 2 is 0.895 bits per heavy atom. The Morgan fingerprint density at radius 1 is 0.684 bits per heavy atom. The van der Waals surface area contributed by atoms with Crippen LogP contribution in [0, 0.1) is 0 Å². The van der Waals surface area contributed by atoms with Crippen molar-refractivity contribution in [2.24, 2.45) is 0 Å². The zero-order valence-electron chi connectivity index (χ0n) is 9.22. The molecule has 0 saturated carbocycles. The molecule has 2 unspecified atom stereocenters. The van der Waals surface area contributed by atoms with Crippen molar-refractivity contribution < 1.29 is 46.1 Å². The maximum absolute atomic E-state index is 12.9. The maximum atomic E-state index is 12.9. The highest BCUT2D eigenvalue weighted by Gasteiger charge is 2.45. The van der Waals surface area contributed by atoms with Crippen LogP contribution in [0.15, 0.2) is 0 Å². The smallest absolute Gasteiger partial charge is 0.225 e. The topological polar surface area (TPSA) is 146 Å². The molecule has 0 aromatic heterocycles. The van der Waals surface area contributed by atoms with Gasteiger partial charge in [0.15, 0.2) is 19.7 Å². The lowest BCUT2D eigenvalue weighted by Gasteiger charge is -2.10. The summed E-state index contributed by atoms with van der Waals surface area (Å²) in [6.07, 6.45) is 0.212. The molecule has 0 aliphatic heterocycles. The van der Waals surface area contributed by atoms with Crippen LogP contribution in [0.25, 0.3) is 0 Å². The number of alkyl halides is 2. The van der Waals surface area contributed by atoms with E-state index in [-0.39, 0.29) is 12.5 Å². The van der Waals surface area contributed by atoms with E-state index in [2.05, 4.69) is 3.63 Å². The van der Waals surface area contributed by atoms with Crippen LogP contribution in [0.2, 0.25) is 0 Å². The number of halogens is 2. The largest absolute Gasteiger partial charge is 0.329 e. The zero-order valence-corrected chi connectivity index (χ0v) is 12.5. The van der Waals surface area contributed by atoms with Gasteiger partial charge in [0.25, 0.3) is 0 Å². The summed E-state index contributed by atoms with van der Waals surface area (Å²) in [5, 5.41) is 0. The molecule has 0 radical (unpaired) electrons. The van der Waals surface area contributed by atoms with E-state index in [0.29, 0.717) is 0 Å². The number of sulfone groups is 2. The molecule has 0 aliphatic carbocycles. The molecular weight excluding hydrogens is 358 g/mol. The third-order valence-corrected chi connectivity index (χ3v) is 8.60. The van der Waals surface area contributed by atoms with Crippen molar-refractivity contribution in [3.05, 3.63) is 0 Å². The van der Waals surface area contributed by atoms with Gasteiger partial charge in [0.05, 0.1) is 0 Å². The summed E-state index contributed by atoms with van der Waals surface area (Å²) in [6.45, 7) is 0. The molecule has 0 saturated heterocycles. The second kappa shape index (κ2) is 5.19. The summed E-state index contributed by atoms with van der Waals surface area (Å²) in [7, 11) is -21.7. The Labute approximate surface area is 108 Å². The standard InChI is InChI=1S/C4H8F2O9S4/c1-16(7,8)3(5)18(11,12)15-19(13,14)4(6)17(2,9)10/h3-4H,1-2H3. The number of rotatable bonds is 6. The first kappa shape index (κ1) is 18.6. The highest BCUT2D eigenvalue weighted by molar-refractivity contribution is 8.13. The molecule has 0 heterocycles. The lowest BCUT2D eigenvalue weighted by molar-refractivity contribution is 0.397. The van der Waals surface area contributed by atoms with E-state index in [1.807, 2.05) is 0 Å². The van der Waals surface area contributed by atoms with Gasteiger partial charge in [0.2, 0.25) is 0 Å². The summed E-state index contributed by atoms with van der Waals surface area (Å²) < 4.78 is 115. The van der Waals surface area contributed by atoms with Crippen LogP contribution in [0.1, 0.15) is 0 Å². The van der Waals surface area contributed by atoms with Crippen LogP contribution in [0.5, 0.6) is 0 Å². The Bertz CT molecular complexity index is 677. The van der Waals surface area contributed by atoms with E-state index in [1.54, 1.807) is 0 Å². The minimum absolute atomic E-state index is 0.106. The monoisotopic (exact) mass is 366 g/mol.